The van der Waals surface area contributed by atoms with Crippen LogP contribution in [0.4, 0.5) is 4.79 Å². The monoisotopic (exact) mass is 371 g/mol. The summed E-state index contributed by atoms with van der Waals surface area (Å²) in [5.41, 5.74) is 0.220. The van der Waals surface area contributed by atoms with Crippen molar-refractivity contribution in [1.82, 2.24) is 15.1 Å². The zero-order chi connectivity index (χ0) is 16.7. The van der Waals surface area contributed by atoms with Crippen LogP contribution < -0.4 is 5.32 Å². The van der Waals surface area contributed by atoms with Crippen molar-refractivity contribution in [2.75, 3.05) is 26.2 Å². The molecule has 0 aliphatic carbocycles. The maximum Gasteiger partial charge on any atom is 0.410 e. The molecule has 0 saturated carbocycles. The van der Waals surface area contributed by atoms with Gasteiger partial charge in [0.15, 0.2) is 0 Å². The highest BCUT2D eigenvalue weighted by Crippen LogP contribution is 2.42. The number of amides is 2. The summed E-state index contributed by atoms with van der Waals surface area (Å²) in [5.74, 6) is 0.226. The molecule has 25 heavy (non-hydrogen) atoms. The van der Waals surface area contributed by atoms with Gasteiger partial charge < -0.3 is 19.9 Å². The number of carbonyl (C=O) groups excluding carboxylic acids is 2. The highest BCUT2D eigenvalue weighted by atomic mass is 35.5. The molecule has 4 rings (SSSR count). The standard InChI is InChI=1S/C18H29N3O3.ClH/c1-2-24-17(23)21-13-3-4-14(21)10-15(9-13)20-7-5-18(6-8-20)11-16(22)19-12-18;/h13-15H,2-12H2,1H3,(H,19,22);1H/t13-,14+,15?;. The molecule has 4 aliphatic heterocycles. The Kier molecular flexibility index (Phi) is 5.49. The van der Waals surface area contributed by atoms with Crippen molar-refractivity contribution in [3.05, 3.63) is 0 Å². The molecule has 3 atom stereocenters. The van der Waals surface area contributed by atoms with Gasteiger partial charge in [0.25, 0.3) is 0 Å². The largest absolute Gasteiger partial charge is 0.450 e. The maximum atomic E-state index is 12.2. The molecule has 1 spiro atoms. The lowest BCUT2D eigenvalue weighted by Gasteiger charge is -2.46. The molecular formula is C18H30ClN3O3. The average molecular weight is 372 g/mol. The fourth-order valence-electron chi connectivity index (χ4n) is 5.41. The van der Waals surface area contributed by atoms with Crippen LogP contribution in [0.2, 0.25) is 0 Å². The average Bonchev–Trinajstić information content (AvgIpc) is 3.05. The predicted molar refractivity (Wildman–Crippen MR) is 96.8 cm³/mol. The van der Waals surface area contributed by atoms with Crippen molar-refractivity contribution >= 4 is 24.4 Å². The van der Waals surface area contributed by atoms with Crippen molar-refractivity contribution < 1.29 is 14.3 Å². The van der Waals surface area contributed by atoms with E-state index >= 15 is 0 Å². The number of nitrogens with one attached hydrogen (secondary N) is 1. The lowest BCUT2D eigenvalue weighted by atomic mass is 9.77. The minimum Gasteiger partial charge on any atom is -0.450 e. The fraction of sp³-hybridized carbons (Fsp3) is 0.889. The topological polar surface area (TPSA) is 61.9 Å². The van der Waals surface area contributed by atoms with Crippen molar-refractivity contribution in [2.24, 2.45) is 5.41 Å². The van der Waals surface area contributed by atoms with E-state index < -0.39 is 0 Å². The van der Waals surface area contributed by atoms with E-state index in [0.29, 0.717) is 31.2 Å². The van der Waals surface area contributed by atoms with E-state index in [0.717, 1.165) is 58.2 Å². The molecule has 7 heteroatoms. The maximum absolute atomic E-state index is 12.2. The molecule has 142 valence electrons. The lowest BCUT2D eigenvalue weighted by Crippen LogP contribution is -2.54. The molecule has 4 heterocycles. The van der Waals surface area contributed by atoms with Gasteiger partial charge in [-0.3, -0.25) is 4.79 Å². The van der Waals surface area contributed by atoms with E-state index in [1.807, 2.05) is 11.8 Å². The van der Waals surface area contributed by atoms with E-state index in [4.69, 9.17) is 4.74 Å². The number of hydrogen-bond donors (Lipinski definition) is 1. The van der Waals surface area contributed by atoms with E-state index in [2.05, 4.69) is 10.2 Å². The Bertz CT molecular complexity index is 508. The molecule has 2 bridgehead atoms. The first kappa shape index (κ1) is 18.8. The van der Waals surface area contributed by atoms with Crippen molar-refractivity contribution in [1.29, 1.82) is 0 Å². The number of likely N-dealkylation sites (tertiary alicyclic amines) is 1. The van der Waals surface area contributed by atoms with Gasteiger partial charge in [-0.05, 0) is 64.0 Å². The summed E-state index contributed by atoms with van der Waals surface area (Å²) in [4.78, 5) is 28.4. The van der Waals surface area contributed by atoms with E-state index in [-0.39, 0.29) is 29.8 Å². The molecule has 4 fully saturated rings. The van der Waals surface area contributed by atoms with Crippen molar-refractivity contribution in [3.63, 3.8) is 0 Å². The highest BCUT2D eigenvalue weighted by Gasteiger charge is 2.47. The normalized spacial score (nSPS) is 33.9. The molecule has 1 N–H and O–H groups in total. The Balaban J connectivity index is 0.00000182. The summed E-state index contributed by atoms with van der Waals surface area (Å²) in [6, 6.07) is 1.31. The van der Waals surface area contributed by atoms with Crippen LogP contribution in [0.5, 0.6) is 0 Å². The number of piperidine rings is 2. The zero-order valence-electron chi connectivity index (χ0n) is 15.0. The molecule has 0 aromatic carbocycles. The summed E-state index contributed by atoms with van der Waals surface area (Å²) in [7, 11) is 0. The summed E-state index contributed by atoms with van der Waals surface area (Å²) < 4.78 is 5.25. The van der Waals surface area contributed by atoms with Crippen molar-refractivity contribution in [3.8, 4) is 0 Å². The lowest BCUT2D eigenvalue weighted by molar-refractivity contribution is -0.119. The van der Waals surface area contributed by atoms with Crippen LogP contribution in [-0.2, 0) is 9.53 Å². The second-order valence-electron chi connectivity index (χ2n) is 8.11. The van der Waals surface area contributed by atoms with E-state index in [1.165, 1.54) is 0 Å². The second-order valence-corrected chi connectivity index (χ2v) is 8.11. The van der Waals surface area contributed by atoms with Gasteiger partial charge in [-0.2, -0.15) is 0 Å². The van der Waals surface area contributed by atoms with Crippen LogP contribution in [0, 0.1) is 5.41 Å². The third kappa shape index (κ3) is 3.47. The van der Waals surface area contributed by atoms with Gasteiger partial charge in [0, 0.05) is 31.1 Å². The molecule has 0 aromatic heterocycles. The van der Waals surface area contributed by atoms with Gasteiger partial charge in [0.1, 0.15) is 0 Å². The Morgan fingerprint density at radius 1 is 1.20 bits per heavy atom. The fourth-order valence-corrected chi connectivity index (χ4v) is 5.41. The molecule has 4 aliphatic rings. The molecule has 0 radical (unpaired) electrons. The van der Waals surface area contributed by atoms with E-state index in [1.54, 1.807) is 0 Å². The van der Waals surface area contributed by atoms with Gasteiger partial charge in [-0.15, -0.1) is 12.4 Å². The number of carbonyl (C=O) groups is 2. The third-order valence-corrected chi connectivity index (χ3v) is 6.76. The van der Waals surface area contributed by atoms with Crippen LogP contribution in [-0.4, -0.2) is 66.2 Å². The van der Waals surface area contributed by atoms with Crippen LogP contribution in [0.25, 0.3) is 0 Å². The Hall–Kier alpha value is -1.01. The summed E-state index contributed by atoms with van der Waals surface area (Å²) in [6.45, 7) is 5.39. The van der Waals surface area contributed by atoms with Crippen LogP contribution in [0.1, 0.15) is 51.9 Å². The molecule has 4 saturated heterocycles. The number of rotatable bonds is 2. The smallest absolute Gasteiger partial charge is 0.410 e. The Labute approximate surface area is 156 Å². The number of fused-ring (bicyclic) bond motifs is 2. The summed E-state index contributed by atoms with van der Waals surface area (Å²) in [6.07, 6.45) is 7.26. The van der Waals surface area contributed by atoms with Gasteiger partial charge in [-0.1, -0.05) is 0 Å². The highest BCUT2D eigenvalue weighted by molar-refractivity contribution is 5.85. The molecular weight excluding hydrogens is 342 g/mol. The van der Waals surface area contributed by atoms with Crippen LogP contribution >= 0.6 is 12.4 Å². The Morgan fingerprint density at radius 3 is 2.36 bits per heavy atom. The predicted octanol–water partition coefficient (Wildman–Crippen LogP) is 2.16. The van der Waals surface area contributed by atoms with Gasteiger partial charge >= 0.3 is 6.09 Å². The number of nitrogens with zero attached hydrogens (tertiary/aromatic N) is 2. The number of ether oxygens (including phenoxy) is 1. The second kappa shape index (κ2) is 7.31. The zero-order valence-corrected chi connectivity index (χ0v) is 15.9. The first-order valence-corrected chi connectivity index (χ1v) is 9.56. The summed E-state index contributed by atoms with van der Waals surface area (Å²) >= 11 is 0. The first-order valence-electron chi connectivity index (χ1n) is 9.56. The van der Waals surface area contributed by atoms with Gasteiger partial charge in [-0.25, -0.2) is 4.79 Å². The van der Waals surface area contributed by atoms with Crippen LogP contribution in [0.3, 0.4) is 0 Å². The number of halogens is 1. The quantitative estimate of drug-likeness (QED) is 0.808. The van der Waals surface area contributed by atoms with Gasteiger partial charge in [0.2, 0.25) is 5.91 Å². The van der Waals surface area contributed by atoms with E-state index in [9.17, 15) is 9.59 Å². The molecule has 0 aromatic rings. The first-order chi connectivity index (χ1) is 11.6. The SMILES string of the molecule is CCOC(=O)N1[C@@H]2CC[C@H]1CC(N1CCC3(CC1)CNC(=O)C3)C2.Cl. The molecule has 6 nitrogen and oxygen atoms in total. The third-order valence-electron chi connectivity index (χ3n) is 6.76. The molecule has 2 amide bonds. The number of hydrogen-bond acceptors (Lipinski definition) is 4. The van der Waals surface area contributed by atoms with Gasteiger partial charge in [0.05, 0.1) is 6.61 Å². The Morgan fingerprint density at radius 2 is 1.84 bits per heavy atom. The minimum absolute atomic E-state index is 0. The van der Waals surface area contributed by atoms with Crippen molar-refractivity contribution in [2.45, 2.75) is 70.0 Å². The molecule has 1 unspecified atom stereocenters. The summed E-state index contributed by atoms with van der Waals surface area (Å²) in [5, 5.41) is 3.01. The van der Waals surface area contributed by atoms with Crippen LogP contribution in [0.15, 0.2) is 0 Å². The minimum atomic E-state index is -0.114.